The first-order valence-electron chi connectivity index (χ1n) is 5.14. The summed E-state index contributed by atoms with van der Waals surface area (Å²) in [6, 6.07) is 2.98. The summed E-state index contributed by atoms with van der Waals surface area (Å²) < 4.78 is 18.3. The minimum absolute atomic E-state index is 0.00913. The molecule has 0 saturated heterocycles. The molecule has 0 bridgehead atoms. The minimum atomic E-state index is -1.01. The Labute approximate surface area is 105 Å². The van der Waals surface area contributed by atoms with Crippen molar-refractivity contribution in [2.45, 2.75) is 32.4 Å². The zero-order chi connectivity index (χ0) is 13.2. The van der Waals surface area contributed by atoms with Crippen LogP contribution in [-0.4, -0.2) is 11.6 Å². The van der Waals surface area contributed by atoms with E-state index in [0.717, 1.165) is 6.07 Å². The highest BCUT2D eigenvalue weighted by molar-refractivity contribution is 6.30. The molecule has 0 heterocycles. The summed E-state index contributed by atoms with van der Waals surface area (Å²) >= 11 is 5.54. The molecule has 2 N–H and O–H groups in total. The van der Waals surface area contributed by atoms with Crippen molar-refractivity contribution in [3.05, 3.63) is 34.6 Å². The number of hydrogen-bond acceptors (Lipinski definition) is 3. The van der Waals surface area contributed by atoms with Crippen molar-refractivity contribution in [3.8, 4) is 0 Å². The van der Waals surface area contributed by atoms with Gasteiger partial charge in [-0.25, -0.2) is 9.18 Å². The predicted octanol–water partition coefficient (Wildman–Crippen LogP) is 2.82. The smallest absolute Gasteiger partial charge is 0.328 e. The molecule has 0 aliphatic carbocycles. The summed E-state index contributed by atoms with van der Waals surface area (Å²) in [4.78, 5) is 11.7. The number of hydrogen-bond donors (Lipinski definition) is 1. The van der Waals surface area contributed by atoms with Crippen LogP contribution in [-0.2, 0) is 9.53 Å². The molecule has 1 aromatic rings. The zero-order valence-corrected chi connectivity index (χ0v) is 10.7. The molecule has 0 amide bonds. The number of esters is 1. The van der Waals surface area contributed by atoms with Crippen molar-refractivity contribution < 1.29 is 13.9 Å². The van der Waals surface area contributed by atoms with Gasteiger partial charge in [0, 0.05) is 0 Å². The fourth-order valence-electron chi connectivity index (χ4n) is 1.21. The second kappa shape index (κ2) is 5.02. The molecule has 1 atom stereocenters. The van der Waals surface area contributed by atoms with Crippen molar-refractivity contribution in [2.75, 3.05) is 0 Å². The zero-order valence-electron chi connectivity index (χ0n) is 9.96. The first kappa shape index (κ1) is 13.9. The first-order chi connectivity index (χ1) is 7.70. The third-order valence-corrected chi connectivity index (χ3v) is 2.27. The minimum Gasteiger partial charge on any atom is -0.459 e. The molecule has 5 heteroatoms. The predicted molar refractivity (Wildman–Crippen MR) is 64.2 cm³/mol. The largest absolute Gasteiger partial charge is 0.459 e. The quantitative estimate of drug-likeness (QED) is 0.831. The number of carbonyl (C=O) groups excluding carboxylic acids is 1. The van der Waals surface area contributed by atoms with E-state index in [0.29, 0.717) is 5.56 Å². The second-order valence-corrected chi connectivity index (χ2v) is 5.09. The van der Waals surface area contributed by atoms with Crippen molar-refractivity contribution in [3.63, 3.8) is 0 Å². The highest BCUT2D eigenvalue weighted by Crippen LogP contribution is 2.21. The van der Waals surface area contributed by atoms with Gasteiger partial charge in [-0.1, -0.05) is 17.7 Å². The molecule has 17 heavy (non-hydrogen) atoms. The lowest BCUT2D eigenvalue weighted by Crippen LogP contribution is -2.31. The van der Waals surface area contributed by atoms with E-state index in [1.807, 2.05) is 0 Å². The Balaban J connectivity index is 2.85. The van der Waals surface area contributed by atoms with E-state index in [2.05, 4.69) is 0 Å². The highest BCUT2D eigenvalue weighted by Gasteiger charge is 2.23. The van der Waals surface area contributed by atoms with Crippen LogP contribution in [0.15, 0.2) is 18.2 Å². The Morgan fingerprint density at radius 2 is 2.06 bits per heavy atom. The highest BCUT2D eigenvalue weighted by atomic mass is 35.5. The average molecular weight is 260 g/mol. The van der Waals surface area contributed by atoms with E-state index < -0.39 is 23.4 Å². The molecule has 1 unspecified atom stereocenters. The third kappa shape index (κ3) is 3.98. The van der Waals surface area contributed by atoms with Gasteiger partial charge in [0.1, 0.15) is 17.5 Å². The topological polar surface area (TPSA) is 52.3 Å². The monoisotopic (exact) mass is 259 g/mol. The van der Waals surface area contributed by atoms with Gasteiger partial charge in [0.25, 0.3) is 0 Å². The van der Waals surface area contributed by atoms with Gasteiger partial charge in [-0.2, -0.15) is 0 Å². The average Bonchev–Trinajstić information content (AvgIpc) is 2.18. The lowest BCUT2D eigenvalue weighted by atomic mass is 10.1. The number of halogens is 2. The Bertz CT molecular complexity index is 429. The molecule has 94 valence electrons. The molecule has 0 radical (unpaired) electrons. The Hall–Kier alpha value is -1.13. The summed E-state index contributed by atoms with van der Waals surface area (Å²) in [6.07, 6.45) is 0. The van der Waals surface area contributed by atoms with Crippen molar-refractivity contribution in [2.24, 2.45) is 5.73 Å². The van der Waals surface area contributed by atoms with Crippen molar-refractivity contribution in [1.29, 1.82) is 0 Å². The van der Waals surface area contributed by atoms with Gasteiger partial charge >= 0.3 is 5.97 Å². The van der Waals surface area contributed by atoms with E-state index in [1.165, 1.54) is 12.1 Å². The van der Waals surface area contributed by atoms with Gasteiger partial charge in [-0.3, -0.25) is 0 Å². The van der Waals surface area contributed by atoms with Gasteiger partial charge in [0.2, 0.25) is 0 Å². The van der Waals surface area contributed by atoms with Crippen LogP contribution in [0.4, 0.5) is 4.39 Å². The summed E-state index contributed by atoms with van der Waals surface area (Å²) in [5.41, 5.74) is 5.39. The van der Waals surface area contributed by atoms with E-state index in [9.17, 15) is 9.18 Å². The van der Waals surface area contributed by atoms with Crippen molar-refractivity contribution >= 4 is 17.6 Å². The van der Waals surface area contributed by atoms with E-state index in [1.54, 1.807) is 20.8 Å². The normalized spacial score (nSPS) is 13.3. The Morgan fingerprint density at radius 3 is 2.53 bits per heavy atom. The maximum absolute atomic E-state index is 13.2. The molecule has 1 rings (SSSR count). The van der Waals surface area contributed by atoms with Crippen LogP contribution in [0.1, 0.15) is 32.4 Å². The molecule has 0 fully saturated rings. The lowest BCUT2D eigenvalue weighted by Gasteiger charge is -2.22. The molecular formula is C12H15ClFNO2. The molecule has 3 nitrogen and oxygen atoms in total. The molecule has 0 aliphatic rings. The summed E-state index contributed by atoms with van der Waals surface area (Å²) in [7, 11) is 0. The summed E-state index contributed by atoms with van der Waals surface area (Å²) in [6.45, 7) is 5.21. The fourth-order valence-corrected chi connectivity index (χ4v) is 1.32. The van der Waals surface area contributed by atoms with Crippen molar-refractivity contribution in [1.82, 2.24) is 0 Å². The van der Waals surface area contributed by atoms with Gasteiger partial charge < -0.3 is 10.5 Å². The number of ether oxygens (including phenoxy) is 1. The second-order valence-electron chi connectivity index (χ2n) is 4.68. The fraction of sp³-hybridized carbons (Fsp3) is 0.417. The number of nitrogens with two attached hydrogens (primary N) is 1. The number of benzene rings is 1. The number of rotatable bonds is 2. The molecule has 0 aromatic heterocycles. The molecule has 0 spiro atoms. The van der Waals surface area contributed by atoms with Crippen LogP contribution in [0, 0.1) is 5.82 Å². The van der Waals surface area contributed by atoms with Gasteiger partial charge in [-0.05, 0) is 38.5 Å². The van der Waals surface area contributed by atoms with Gasteiger partial charge in [-0.15, -0.1) is 0 Å². The van der Waals surface area contributed by atoms with Gasteiger partial charge in [0.05, 0.1) is 5.02 Å². The van der Waals surface area contributed by atoms with Crippen LogP contribution in [0.25, 0.3) is 0 Å². The lowest BCUT2D eigenvalue weighted by molar-refractivity contribution is -0.156. The third-order valence-electron chi connectivity index (χ3n) is 1.96. The Kier molecular flexibility index (Phi) is 4.11. The SMILES string of the molecule is CC(C)(C)OC(=O)C(N)c1ccc(Cl)c(F)c1. The van der Waals surface area contributed by atoms with Crippen LogP contribution in [0.3, 0.4) is 0 Å². The van der Waals surface area contributed by atoms with Crippen LogP contribution >= 0.6 is 11.6 Å². The molecule has 1 aromatic carbocycles. The van der Waals surface area contributed by atoms with Crippen LogP contribution < -0.4 is 5.73 Å². The number of carbonyl (C=O) groups is 1. The van der Waals surface area contributed by atoms with Crippen LogP contribution in [0.5, 0.6) is 0 Å². The molecular weight excluding hydrogens is 245 g/mol. The summed E-state index contributed by atoms with van der Waals surface area (Å²) in [5, 5.41) is -0.00913. The Morgan fingerprint density at radius 1 is 1.47 bits per heavy atom. The maximum Gasteiger partial charge on any atom is 0.328 e. The molecule has 0 aliphatic heterocycles. The standard InChI is InChI=1S/C12H15ClFNO2/c1-12(2,3)17-11(16)10(15)7-4-5-8(13)9(14)6-7/h4-6,10H,15H2,1-3H3. The maximum atomic E-state index is 13.2. The van der Waals surface area contributed by atoms with Crippen LogP contribution in [0.2, 0.25) is 5.02 Å². The van der Waals surface area contributed by atoms with E-state index in [-0.39, 0.29) is 5.02 Å². The van der Waals surface area contributed by atoms with Gasteiger partial charge in [0.15, 0.2) is 0 Å². The first-order valence-corrected chi connectivity index (χ1v) is 5.52. The summed E-state index contributed by atoms with van der Waals surface area (Å²) in [5.74, 6) is -1.21. The van der Waals surface area contributed by atoms with E-state index in [4.69, 9.17) is 22.1 Å². The van der Waals surface area contributed by atoms with E-state index >= 15 is 0 Å². The molecule has 0 saturated carbocycles.